The van der Waals surface area contributed by atoms with Gasteiger partial charge in [0.25, 0.3) is 0 Å². The molecule has 4 nitrogen and oxygen atoms in total. The number of benzene rings is 2. The Labute approximate surface area is 126 Å². The van der Waals surface area contributed by atoms with Crippen molar-refractivity contribution in [1.82, 2.24) is 0 Å². The lowest BCUT2D eigenvalue weighted by Crippen LogP contribution is -2.33. The van der Waals surface area contributed by atoms with Gasteiger partial charge in [-0.25, -0.2) is 4.39 Å². The molecule has 1 N–H and O–H groups in total. The molecule has 1 amide bonds. The van der Waals surface area contributed by atoms with Gasteiger partial charge in [0.1, 0.15) is 5.82 Å². The van der Waals surface area contributed by atoms with Gasteiger partial charge in [-0.2, -0.15) is 0 Å². The first-order valence-electron chi connectivity index (χ1n) is 7.06. The van der Waals surface area contributed by atoms with Gasteiger partial charge in [-0.15, -0.1) is 0 Å². The van der Waals surface area contributed by atoms with Gasteiger partial charge in [-0.1, -0.05) is 6.07 Å². The maximum Gasteiger partial charge on any atom is 0.235 e. The summed E-state index contributed by atoms with van der Waals surface area (Å²) < 4.78 is 24.2. The highest BCUT2D eigenvalue weighted by Gasteiger charge is 2.43. The molecule has 0 aromatic heterocycles. The van der Waals surface area contributed by atoms with Crippen molar-refractivity contribution in [3.05, 3.63) is 53.3 Å². The molecule has 0 aliphatic carbocycles. The molecule has 1 atom stereocenters. The third kappa shape index (κ3) is 1.85. The van der Waals surface area contributed by atoms with Crippen molar-refractivity contribution in [2.24, 2.45) is 0 Å². The molecule has 0 bridgehead atoms. The van der Waals surface area contributed by atoms with Crippen molar-refractivity contribution < 1.29 is 18.7 Å². The summed E-state index contributed by atoms with van der Waals surface area (Å²) in [7, 11) is 0. The summed E-state index contributed by atoms with van der Waals surface area (Å²) in [6.07, 6.45) is 0.464. The van der Waals surface area contributed by atoms with Gasteiger partial charge < -0.3 is 14.8 Å². The van der Waals surface area contributed by atoms with Gasteiger partial charge >= 0.3 is 0 Å². The largest absolute Gasteiger partial charge is 0.454 e. The normalized spacial score (nSPS) is 21.6. The molecular formula is C17H14FNO3. The van der Waals surface area contributed by atoms with E-state index < -0.39 is 5.41 Å². The smallest absolute Gasteiger partial charge is 0.235 e. The average Bonchev–Trinajstić information content (AvgIpc) is 3.04. The lowest BCUT2D eigenvalue weighted by atomic mass is 9.78. The van der Waals surface area contributed by atoms with Crippen LogP contribution in [0.4, 0.5) is 10.1 Å². The summed E-state index contributed by atoms with van der Waals surface area (Å²) >= 11 is 0. The Morgan fingerprint density at radius 1 is 1.18 bits per heavy atom. The summed E-state index contributed by atoms with van der Waals surface area (Å²) in [5.41, 5.74) is 1.51. The van der Waals surface area contributed by atoms with Crippen molar-refractivity contribution in [3.63, 3.8) is 0 Å². The second-order valence-corrected chi connectivity index (χ2v) is 5.84. The average molecular weight is 299 g/mol. The predicted octanol–water partition coefficient (Wildman–Crippen LogP) is 3.01. The number of anilines is 1. The van der Waals surface area contributed by atoms with Crippen LogP contribution < -0.4 is 14.8 Å². The molecule has 4 rings (SSSR count). The zero-order valence-corrected chi connectivity index (χ0v) is 12.0. The Morgan fingerprint density at radius 3 is 2.86 bits per heavy atom. The summed E-state index contributed by atoms with van der Waals surface area (Å²) in [5.74, 6) is 0.924. The van der Waals surface area contributed by atoms with Crippen LogP contribution in [0.5, 0.6) is 11.5 Å². The number of hydrogen-bond donors (Lipinski definition) is 1. The maximum atomic E-state index is 13.6. The van der Waals surface area contributed by atoms with Crippen LogP contribution in [-0.2, 0) is 16.6 Å². The molecule has 22 heavy (non-hydrogen) atoms. The monoisotopic (exact) mass is 299 g/mol. The van der Waals surface area contributed by atoms with Crippen LogP contribution in [0, 0.1) is 5.82 Å². The Morgan fingerprint density at radius 2 is 2.00 bits per heavy atom. The van der Waals surface area contributed by atoms with E-state index in [9.17, 15) is 9.18 Å². The molecule has 2 heterocycles. The molecule has 112 valence electrons. The summed E-state index contributed by atoms with van der Waals surface area (Å²) in [6, 6.07) is 10.0. The number of carbonyl (C=O) groups excluding carboxylic acids is 1. The standard InChI is InChI=1S/C17H14FNO3/c1-17(8-10-2-5-14-15(6-10)22-9-21-14)12-7-11(18)3-4-13(12)19-16(17)20/h2-7H,8-9H2,1H3,(H,19,20). The van der Waals surface area contributed by atoms with Crippen LogP contribution in [0.15, 0.2) is 36.4 Å². The second-order valence-electron chi connectivity index (χ2n) is 5.84. The van der Waals surface area contributed by atoms with E-state index in [4.69, 9.17) is 9.47 Å². The quantitative estimate of drug-likeness (QED) is 0.927. The Kier molecular flexibility index (Phi) is 2.66. The van der Waals surface area contributed by atoms with Gasteiger partial charge in [-0.3, -0.25) is 4.79 Å². The fourth-order valence-electron chi connectivity index (χ4n) is 3.10. The van der Waals surface area contributed by atoms with Crippen molar-refractivity contribution in [3.8, 4) is 11.5 Å². The van der Waals surface area contributed by atoms with Crippen molar-refractivity contribution in [1.29, 1.82) is 0 Å². The van der Waals surface area contributed by atoms with E-state index in [1.165, 1.54) is 12.1 Å². The molecule has 1 unspecified atom stereocenters. The first-order chi connectivity index (χ1) is 10.6. The zero-order chi connectivity index (χ0) is 15.3. The highest BCUT2D eigenvalue weighted by atomic mass is 19.1. The number of hydrogen-bond acceptors (Lipinski definition) is 3. The molecule has 2 aliphatic rings. The lowest BCUT2D eigenvalue weighted by molar-refractivity contribution is -0.120. The predicted molar refractivity (Wildman–Crippen MR) is 78.7 cm³/mol. The van der Waals surface area contributed by atoms with E-state index >= 15 is 0 Å². The van der Waals surface area contributed by atoms with Crippen LogP contribution in [0.1, 0.15) is 18.1 Å². The number of amides is 1. The SMILES string of the molecule is CC1(Cc2ccc3c(c2)OCO3)C(=O)Nc2ccc(F)cc21. The van der Waals surface area contributed by atoms with Crippen LogP contribution in [0.3, 0.4) is 0 Å². The third-order valence-electron chi connectivity index (χ3n) is 4.32. The molecular weight excluding hydrogens is 285 g/mol. The Hall–Kier alpha value is -2.56. The molecule has 2 aromatic carbocycles. The molecule has 0 radical (unpaired) electrons. The van der Waals surface area contributed by atoms with Gasteiger partial charge in [0.2, 0.25) is 12.7 Å². The first kappa shape index (κ1) is 13.1. The zero-order valence-electron chi connectivity index (χ0n) is 12.0. The van der Waals surface area contributed by atoms with Gasteiger partial charge in [-0.05, 0) is 54.8 Å². The number of nitrogens with one attached hydrogen (secondary N) is 1. The summed E-state index contributed by atoms with van der Waals surface area (Å²) in [6.45, 7) is 2.04. The van der Waals surface area contributed by atoms with Crippen LogP contribution in [0.25, 0.3) is 0 Å². The van der Waals surface area contributed by atoms with Crippen molar-refractivity contribution in [2.45, 2.75) is 18.8 Å². The van der Waals surface area contributed by atoms with E-state index in [0.717, 1.165) is 5.56 Å². The van der Waals surface area contributed by atoms with Crippen LogP contribution in [-0.4, -0.2) is 12.7 Å². The fraction of sp³-hybridized carbons (Fsp3) is 0.235. The minimum Gasteiger partial charge on any atom is -0.454 e. The minimum absolute atomic E-state index is 0.120. The molecule has 0 spiro atoms. The third-order valence-corrected chi connectivity index (χ3v) is 4.32. The van der Waals surface area contributed by atoms with E-state index in [1.807, 2.05) is 25.1 Å². The topological polar surface area (TPSA) is 47.6 Å². The summed E-state index contributed by atoms with van der Waals surface area (Å²) in [4.78, 5) is 12.4. The first-order valence-corrected chi connectivity index (χ1v) is 7.06. The van der Waals surface area contributed by atoms with E-state index in [0.29, 0.717) is 29.2 Å². The molecule has 0 saturated carbocycles. The lowest BCUT2D eigenvalue weighted by Gasteiger charge is -2.22. The highest BCUT2D eigenvalue weighted by Crippen LogP contribution is 2.41. The van der Waals surface area contributed by atoms with E-state index in [1.54, 1.807) is 6.07 Å². The Bertz CT molecular complexity index is 789. The van der Waals surface area contributed by atoms with Gasteiger partial charge in [0, 0.05) is 5.69 Å². The number of ether oxygens (including phenoxy) is 2. The maximum absolute atomic E-state index is 13.6. The number of halogens is 1. The Balaban J connectivity index is 1.73. The number of rotatable bonds is 2. The summed E-state index contributed by atoms with van der Waals surface area (Å²) in [5, 5.41) is 2.83. The minimum atomic E-state index is -0.800. The molecule has 0 fully saturated rings. The van der Waals surface area contributed by atoms with Gasteiger partial charge in [0.15, 0.2) is 11.5 Å². The molecule has 2 aliphatic heterocycles. The van der Waals surface area contributed by atoms with Gasteiger partial charge in [0.05, 0.1) is 5.41 Å². The van der Waals surface area contributed by atoms with Crippen molar-refractivity contribution in [2.75, 3.05) is 12.1 Å². The fourth-order valence-corrected chi connectivity index (χ4v) is 3.10. The highest BCUT2D eigenvalue weighted by molar-refractivity contribution is 6.06. The van der Waals surface area contributed by atoms with Crippen LogP contribution >= 0.6 is 0 Å². The second kappa shape index (κ2) is 4.47. The van der Waals surface area contributed by atoms with E-state index in [2.05, 4.69) is 5.32 Å². The number of carbonyl (C=O) groups is 1. The number of fused-ring (bicyclic) bond motifs is 2. The molecule has 0 saturated heterocycles. The van der Waals surface area contributed by atoms with Crippen LogP contribution in [0.2, 0.25) is 0 Å². The molecule has 5 heteroatoms. The van der Waals surface area contributed by atoms with E-state index in [-0.39, 0.29) is 18.5 Å². The van der Waals surface area contributed by atoms with Crippen molar-refractivity contribution >= 4 is 11.6 Å². The molecule has 2 aromatic rings.